The standard InChI is InChI=1S/C29H40FN5/c1-10-24-18-21(3)28(31-20-24)34-16-14-33(15-17-34)22(4)26-13-12-25(19-27(26)30)35(23(5)32(8)9)29(6,7)11-2/h11-13,18-20H,2,4-5,10,14-17H2,1,3,6-9H3. The number of nitrogens with zero attached hydrogens (tertiary/aromatic N) is 5. The maximum Gasteiger partial charge on any atom is 0.134 e. The van der Waals surface area contributed by atoms with Crippen molar-refractivity contribution >= 4 is 17.2 Å². The Hall–Kier alpha value is -3.28. The third kappa shape index (κ3) is 5.53. The first-order valence-electron chi connectivity index (χ1n) is 12.2. The first-order valence-corrected chi connectivity index (χ1v) is 12.2. The van der Waals surface area contributed by atoms with Crippen LogP contribution in [0, 0.1) is 12.7 Å². The highest BCUT2D eigenvalue weighted by atomic mass is 19.1. The number of halogens is 1. The predicted octanol–water partition coefficient (Wildman–Crippen LogP) is 5.69. The number of hydrogen-bond donors (Lipinski definition) is 0. The third-order valence-corrected chi connectivity index (χ3v) is 6.85. The Morgan fingerprint density at radius 1 is 1.14 bits per heavy atom. The average molecular weight is 478 g/mol. The molecule has 0 spiro atoms. The van der Waals surface area contributed by atoms with Gasteiger partial charge in [-0.05, 0) is 56.5 Å². The molecular formula is C29H40FN5. The van der Waals surface area contributed by atoms with Gasteiger partial charge in [0.1, 0.15) is 17.5 Å². The van der Waals surface area contributed by atoms with Gasteiger partial charge in [0.05, 0.1) is 5.54 Å². The summed E-state index contributed by atoms with van der Waals surface area (Å²) in [5.74, 6) is 1.50. The molecule has 1 aliphatic rings. The van der Waals surface area contributed by atoms with E-state index in [1.807, 2.05) is 62.1 Å². The van der Waals surface area contributed by atoms with Gasteiger partial charge in [-0.25, -0.2) is 9.37 Å². The molecule has 3 rings (SSSR count). The van der Waals surface area contributed by atoms with Crippen molar-refractivity contribution in [1.29, 1.82) is 0 Å². The molecule has 1 fully saturated rings. The molecule has 5 nitrogen and oxygen atoms in total. The molecule has 1 aromatic heterocycles. The number of aromatic nitrogens is 1. The Labute approximate surface area is 210 Å². The van der Waals surface area contributed by atoms with Gasteiger partial charge < -0.3 is 19.6 Å². The van der Waals surface area contributed by atoms with Gasteiger partial charge in [0, 0.05) is 63.4 Å². The molecule has 188 valence electrons. The quantitative estimate of drug-likeness (QED) is 0.433. The number of rotatable bonds is 9. The Bertz CT molecular complexity index is 1100. The van der Waals surface area contributed by atoms with Crippen molar-refractivity contribution in [2.45, 2.75) is 39.7 Å². The zero-order valence-corrected chi connectivity index (χ0v) is 22.2. The van der Waals surface area contributed by atoms with Gasteiger partial charge in [0.15, 0.2) is 0 Å². The van der Waals surface area contributed by atoms with Crippen LogP contribution >= 0.6 is 0 Å². The maximum atomic E-state index is 15.4. The minimum atomic E-state index is -0.440. The Kier molecular flexibility index (Phi) is 7.93. The Morgan fingerprint density at radius 3 is 2.31 bits per heavy atom. The van der Waals surface area contributed by atoms with E-state index < -0.39 is 5.54 Å². The first kappa shape index (κ1) is 26.3. The van der Waals surface area contributed by atoms with Crippen molar-refractivity contribution in [3.05, 3.63) is 84.6 Å². The molecule has 0 N–H and O–H groups in total. The number of pyridine rings is 1. The lowest BCUT2D eigenvalue weighted by Gasteiger charge is -2.42. The van der Waals surface area contributed by atoms with Gasteiger partial charge in [-0.15, -0.1) is 6.58 Å². The smallest absolute Gasteiger partial charge is 0.134 e. The van der Waals surface area contributed by atoms with E-state index in [4.69, 9.17) is 4.98 Å². The molecule has 0 amide bonds. The van der Waals surface area contributed by atoms with E-state index in [1.165, 1.54) is 11.1 Å². The third-order valence-electron chi connectivity index (χ3n) is 6.85. The highest BCUT2D eigenvalue weighted by molar-refractivity contribution is 5.67. The summed E-state index contributed by atoms with van der Waals surface area (Å²) >= 11 is 0. The second kappa shape index (κ2) is 10.5. The van der Waals surface area contributed by atoms with Crippen LogP contribution < -0.4 is 9.80 Å². The van der Waals surface area contributed by atoms with Crippen LogP contribution in [0.5, 0.6) is 0 Å². The lowest BCUT2D eigenvalue weighted by Crippen LogP contribution is -2.46. The minimum absolute atomic E-state index is 0.293. The van der Waals surface area contributed by atoms with E-state index in [-0.39, 0.29) is 5.82 Å². The monoisotopic (exact) mass is 477 g/mol. The SMILES string of the molecule is C=CC(C)(C)N(C(=C)N(C)C)c1ccc(C(=C)N2CCN(c3ncc(CC)cc3C)CC2)c(F)c1. The average Bonchev–Trinajstić information content (AvgIpc) is 2.83. The van der Waals surface area contributed by atoms with Crippen LogP contribution in [0.15, 0.2) is 62.1 Å². The molecule has 35 heavy (non-hydrogen) atoms. The molecule has 0 unspecified atom stereocenters. The molecule has 1 saturated heterocycles. The largest absolute Gasteiger partial charge is 0.368 e. The fourth-order valence-corrected chi connectivity index (χ4v) is 4.49. The van der Waals surface area contributed by atoms with Crippen LogP contribution in [-0.2, 0) is 6.42 Å². The molecule has 1 aromatic carbocycles. The van der Waals surface area contributed by atoms with Crippen LogP contribution in [0.1, 0.15) is 37.5 Å². The summed E-state index contributed by atoms with van der Waals surface area (Å²) < 4.78 is 15.4. The summed E-state index contributed by atoms with van der Waals surface area (Å²) in [4.78, 5) is 13.1. The summed E-state index contributed by atoms with van der Waals surface area (Å²) in [5, 5.41) is 0. The summed E-state index contributed by atoms with van der Waals surface area (Å²) in [7, 11) is 3.85. The summed E-state index contributed by atoms with van der Waals surface area (Å²) in [5.41, 5.74) is 3.97. The Balaban J connectivity index is 1.76. The molecule has 2 aromatic rings. The minimum Gasteiger partial charge on any atom is -0.368 e. The van der Waals surface area contributed by atoms with Crippen molar-refractivity contribution in [2.24, 2.45) is 0 Å². The van der Waals surface area contributed by atoms with Crippen molar-refractivity contribution in [3.8, 4) is 0 Å². The molecule has 0 bridgehead atoms. The molecule has 0 aliphatic carbocycles. The van der Waals surface area contributed by atoms with E-state index in [1.54, 1.807) is 6.07 Å². The van der Waals surface area contributed by atoms with Crippen molar-refractivity contribution in [1.82, 2.24) is 14.8 Å². The number of benzene rings is 1. The molecule has 1 aliphatic heterocycles. The highest BCUT2D eigenvalue weighted by Crippen LogP contribution is 2.33. The zero-order valence-electron chi connectivity index (χ0n) is 22.2. The van der Waals surface area contributed by atoms with Crippen LogP contribution in [0.4, 0.5) is 15.9 Å². The van der Waals surface area contributed by atoms with Crippen LogP contribution in [0.3, 0.4) is 0 Å². The molecule has 2 heterocycles. The van der Waals surface area contributed by atoms with Crippen LogP contribution in [0.25, 0.3) is 5.70 Å². The van der Waals surface area contributed by atoms with Gasteiger partial charge >= 0.3 is 0 Å². The second-order valence-corrected chi connectivity index (χ2v) is 9.93. The van der Waals surface area contributed by atoms with Gasteiger partial charge in [0.2, 0.25) is 0 Å². The topological polar surface area (TPSA) is 25.9 Å². The van der Waals surface area contributed by atoms with Gasteiger partial charge in [-0.3, -0.25) is 0 Å². The van der Waals surface area contributed by atoms with Crippen molar-refractivity contribution in [2.75, 3.05) is 50.1 Å². The van der Waals surface area contributed by atoms with E-state index in [2.05, 4.69) is 49.5 Å². The predicted molar refractivity (Wildman–Crippen MR) is 147 cm³/mol. The molecular weight excluding hydrogens is 437 g/mol. The van der Waals surface area contributed by atoms with E-state index in [0.717, 1.165) is 49.9 Å². The zero-order chi connectivity index (χ0) is 25.9. The van der Waals surface area contributed by atoms with E-state index in [9.17, 15) is 0 Å². The van der Waals surface area contributed by atoms with E-state index >= 15 is 4.39 Å². The summed E-state index contributed by atoms with van der Waals surface area (Å²) in [6, 6.07) is 7.54. The fraction of sp³-hybridized carbons (Fsp3) is 0.414. The maximum absolute atomic E-state index is 15.4. The van der Waals surface area contributed by atoms with Gasteiger partial charge in [0.25, 0.3) is 0 Å². The summed E-state index contributed by atoms with van der Waals surface area (Å²) in [6.45, 7) is 23.9. The van der Waals surface area contributed by atoms with E-state index in [0.29, 0.717) is 11.3 Å². The number of piperazine rings is 1. The van der Waals surface area contributed by atoms with Crippen LogP contribution in [0.2, 0.25) is 0 Å². The molecule has 6 heteroatoms. The van der Waals surface area contributed by atoms with Crippen molar-refractivity contribution < 1.29 is 4.39 Å². The lowest BCUT2D eigenvalue weighted by molar-refractivity contribution is 0.365. The number of anilines is 2. The fourth-order valence-electron chi connectivity index (χ4n) is 4.49. The lowest BCUT2D eigenvalue weighted by atomic mass is 10.0. The molecule has 0 saturated carbocycles. The highest BCUT2D eigenvalue weighted by Gasteiger charge is 2.28. The summed E-state index contributed by atoms with van der Waals surface area (Å²) in [6.07, 6.45) is 4.79. The van der Waals surface area contributed by atoms with Gasteiger partial charge in [-0.2, -0.15) is 0 Å². The van der Waals surface area contributed by atoms with Gasteiger partial charge in [-0.1, -0.05) is 32.2 Å². The normalized spacial score (nSPS) is 14.0. The van der Waals surface area contributed by atoms with Crippen molar-refractivity contribution in [3.63, 3.8) is 0 Å². The molecule has 0 radical (unpaired) electrons. The number of aryl methyl sites for hydroxylation is 2. The second-order valence-electron chi connectivity index (χ2n) is 9.93. The van der Waals surface area contributed by atoms with Crippen LogP contribution in [-0.4, -0.2) is 60.6 Å². The first-order chi connectivity index (χ1) is 16.5. The molecule has 0 atom stereocenters. The number of hydrogen-bond acceptors (Lipinski definition) is 5. The Morgan fingerprint density at radius 2 is 1.80 bits per heavy atom.